The molecule has 0 aromatic carbocycles. The minimum Gasteiger partial charge on any atom is -0.465 e. The van der Waals surface area contributed by atoms with Crippen LogP contribution in [-0.2, 0) is 19.1 Å². The summed E-state index contributed by atoms with van der Waals surface area (Å²) in [5.74, 6) is -3.25. The second kappa shape index (κ2) is 5.93. The van der Waals surface area contributed by atoms with Crippen LogP contribution in [-0.4, -0.2) is 37.6 Å². The molecule has 9 nitrogen and oxygen atoms in total. The third kappa shape index (κ3) is 2.59. The minimum absolute atomic E-state index is 0.0249. The van der Waals surface area contributed by atoms with E-state index in [2.05, 4.69) is 11.3 Å². The SMILES string of the molecule is C=C(C)C(=O)OCCC(=O)Oc1c2c3oc1c(C(=O)OC)c3C(=O)O2. The van der Waals surface area contributed by atoms with Crippen molar-refractivity contribution in [3.05, 3.63) is 23.3 Å². The Morgan fingerprint density at radius 1 is 1.20 bits per heavy atom. The summed E-state index contributed by atoms with van der Waals surface area (Å²) in [5.41, 5.74) is -0.0841. The molecule has 0 saturated heterocycles. The van der Waals surface area contributed by atoms with Gasteiger partial charge in [-0.05, 0) is 6.92 Å². The first kappa shape index (κ1) is 16.5. The van der Waals surface area contributed by atoms with Gasteiger partial charge in [-0.15, -0.1) is 0 Å². The molecule has 0 N–H and O–H groups in total. The second-order valence-corrected chi connectivity index (χ2v) is 5.19. The highest BCUT2D eigenvalue weighted by molar-refractivity contribution is 6.20. The lowest BCUT2D eigenvalue weighted by atomic mass is 10.1. The normalized spacial score (nSPS) is 12.2. The number of furan rings is 2. The van der Waals surface area contributed by atoms with Crippen molar-refractivity contribution in [1.29, 1.82) is 0 Å². The molecule has 9 heteroatoms. The zero-order chi connectivity index (χ0) is 18.3. The van der Waals surface area contributed by atoms with E-state index in [1.54, 1.807) is 0 Å². The predicted molar refractivity (Wildman–Crippen MR) is 79.7 cm³/mol. The van der Waals surface area contributed by atoms with Gasteiger partial charge in [0.15, 0.2) is 11.2 Å². The Kier molecular flexibility index (Phi) is 3.91. The number of carbonyl (C=O) groups excluding carboxylic acids is 4. The van der Waals surface area contributed by atoms with E-state index in [1.807, 2.05) is 0 Å². The van der Waals surface area contributed by atoms with Gasteiger partial charge >= 0.3 is 23.9 Å². The van der Waals surface area contributed by atoms with Crippen LogP contribution in [0.4, 0.5) is 0 Å². The van der Waals surface area contributed by atoms with Crippen molar-refractivity contribution >= 4 is 35.0 Å². The van der Waals surface area contributed by atoms with Crippen molar-refractivity contribution in [2.75, 3.05) is 13.7 Å². The van der Waals surface area contributed by atoms with Crippen molar-refractivity contribution in [2.24, 2.45) is 0 Å². The van der Waals surface area contributed by atoms with Crippen LogP contribution in [0.1, 0.15) is 34.1 Å². The fourth-order valence-corrected chi connectivity index (χ4v) is 2.29. The fraction of sp³-hybridized carbons (Fsp3) is 0.250. The third-order valence-electron chi connectivity index (χ3n) is 3.42. The fourth-order valence-electron chi connectivity index (χ4n) is 2.29. The Labute approximate surface area is 140 Å². The quantitative estimate of drug-likeness (QED) is 0.435. The molecule has 3 rings (SSSR count). The number of rotatable bonds is 6. The highest BCUT2D eigenvalue weighted by Gasteiger charge is 2.43. The van der Waals surface area contributed by atoms with Crippen LogP contribution >= 0.6 is 0 Å². The van der Waals surface area contributed by atoms with Crippen LogP contribution in [0.5, 0.6) is 11.5 Å². The number of esters is 4. The molecule has 0 fully saturated rings. The molecule has 2 bridgehead atoms. The Morgan fingerprint density at radius 2 is 1.92 bits per heavy atom. The second-order valence-electron chi connectivity index (χ2n) is 5.19. The van der Waals surface area contributed by atoms with Gasteiger partial charge in [-0.1, -0.05) is 6.58 Å². The summed E-state index contributed by atoms with van der Waals surface area (Å²) in [7, 11) is 1.14. The highest BCUT2D eigenvalue weighted by atomic mass is 16.6. The molecule has 2 aromatic rings. The molecule has 1 aliphatic heterocycles. The molecule has 0 atom stereocenters. The smallest absolute Gasteiger partial charge is 0.348 e. The lowest BCUT2D eigenvalue weighted by molar-refractivity contribution is -0.142. The van der Waals surface area contributed by atoms with Crippen molar-refractivity contribution < 1.29 is 42.5 Å². The van der Waals surface area contributed by atoms with Crippen molar-refractivity contribution in [3.8, 4) is 11.5 Å². The van der Waals surface area contributed by atoms with Crippen LogP contribution in [0.2, 0.25) is 0 Å². The van der Waals surface area contributed by atoms with E-state index in [0.29, 0.717) is 0 Å². The molecule has 3 heterocycles. The van der Waals surface area contributed by atoms with Gasteiger partial charge < -0.3 is 23.4 Å². The average molecular weight is 348 g/mol. The van der Waals surface area contributed by atoms with Gasteiger partial charge in [0.05, 0.1) is 13.5 Å². The monoisotopic (exact) mass is 348 g/mol. The summed E-state index contributed by atoms with van der Waals surface area (Å²) in [6, 6.07) is 0. The van der Waals surface area contributed by atoms with Crippen LogP contribution in [0.25, 0.3) is 11.2 Å². The Morgan fingerprint density at radius 3 is 2.56 bits per heavy atom. The van der Waals surface area contributed by atoms with Gasteiger partial charge in [0, 0.05) is 5.57 Å². The maximum atomic E-state index is 11.9. The summed E-state index contributed by atoms with van der Waals surface area (Å²) in [5, 5.41) is 0. The molecule has 130 valence electrons. The van der Waals surface area contributed by atoms with Gasteiger partial charge in [-0.25, -0.2) is 14.4 Å². The molecule has 0 radical (unpaired) electrons. The largest absolute Gasteiger partial charge is 0.465 e. The Bertz CT molecular complexity index is 918. The van der Waals surface area contributed by atoms with Gasteiger partial charge in [-0.2, -0.15) is 0 Å². The topological polar surface area (TPSA) is 118 Å². The average Bonchev–Trinajstić information content (AvgIpc) is 3.17. The highest BCUT2D eigenvalue weighted by Crippen LogP contribution is 2.52. The first-order chi connectivity index (χ1) is 11.8. The van der Waals surface area contributed by atoms with Crippen LogP contribution < -0.4 is 9.47 Å². The number of hydrogen-bond donors (Lipinski definition) is 0. The summed E-state index contributed by atoms with van der Waals surface area (Å²) in [6.45, 7) is 4.66. The molecule has 0 unspecified atom stereocenters. The van der Waals surface area contributed by atoms with Crippen molar-refractivity contribution in [3.63, 3.8) is 0 Å². The van der Waals surface area contributed by atoms with E-state index in [9.17, 15) is 19.2 Å². The van der Waals surface area contributed by atoms with Crippen LogP contribution in [0.15, 0.2) is 16.6 Å². The van der Waals surface area contributed by atoms with Gasteiger partial charge in [0.25, 0.3) is 0 Å². The zero-order valence-corrected chi connectivity index (χ0v) is 13.3. The zero-order valence-electron chi connectivity index (χ0n) is 13.3. The summed E-state index contributed by atoms with van der Waals surface area (Å²) >= 11 is 0. The molecule has 2 aromatic heterocycles. The van der Waals surface area contributed by atoms with Crippen molar-refractivity contribution in [2.45, 2.75) is 13.3 Å². The minimum atomic E-state index is -0.818. The molecular weight excluding hydrogens is 336 g/mol. The van der Waals surface area contributed by atoms with E-state index < -0.39 is 23.9 Å². The lowest BCUT2D eigenvalue weighted by Crippen LogP contribution is -2.14. The van der Waals surface area contributed by atoms with E-state index in [4.69, 9.17) is 18.6 Å². The van der Waals surface area contributed by atoms with E-state index >= 15 is 0 Å². The number of benzene rings is 1. The third-order valence-corrected chi connectivity index (χ3v) is 3.42. The molecule has 0 spiro atoms. The van der Waals surface area contributed by atoms with E-state index in [0.717, 1.165) is 7.11 Å². The number of methoxy groups -OCH3 is 1. The standard InChI is InChI=1S/C16H12O9/c1-6(2)14(18)22-5-4-7(17)23-12-10-8(15(19)21-3)9-11(24-10)13(12)25-16(9)20/h1,4-5H2,2-3H3. The maximum absolute atomic E-state index is 11.9. The molecule has 25 heavy (non-hydrogen) atoms. The Hall–Kier alpha value is -3.36. The van der Waals surface area contributed by atoms with Gasteiger partial charge in [0.1, 0.15) is 17.7 Å². The molecular formula is C16H12O9. The van der Waals surface area contributed by atoms with Crippen LogP contribution in [0, 0.1) is 0 Å². The summed E-state index contributed by atoms with van der Waals surface area (Å²) < 4.78 is 24.8. The van der Waals surface area contributed by atoms with E-state index in [-0.39, 0.29) is 52.4 Å². The molecule has 1 aliphatic rings. The summed E-state index contributed by atoms with van der Waals surface area (Å²) in [4.78, 5) is 46.8. The first-order valence-electron chi connectivity index (χ1n) is 7.10. The lowest BCUT2D eigenvalue weighted by Gasteiger charge is -2.05. The molecule has 0 aliphatic carbocycles. The Balaban J connectivity index is 1.76. The number of hydrogen-bond acceptors (Lipinski definition) is 9. The number of fused-ring (bicyclic) bond motifs is 1. The number of ether oxygens (including phenoxy) is 4. The molecule has 0 saturated carbocycles. The van der Waals surface area contributed by atoms with Gasteiger partial charge in [0.2, 0.25) is 11.5 Å². The van der Waals surface area contributed by atoms with Gasteiger partial charge in [-0.3, -0.25) is 4.79 Å². The first-order valence-corrected chi connectivity index (χ1v) is 7.10. The maximum Gasteiger partial charge on any atom is 0.348 e. The number of carbonyl (C=O) groups is 4. The van der Waals surface area contributed by atoms with E-state index in [1.165, 1.54) is 6.92 Å². The predicted octanol–water partition coefficient (Wildman–Crippen LogP) is 1.60. The summed E-state index contributed by atoms with van der Waals surface area (Å²) in [6.07, 6.45) is -0.253. The van der Waals surface area contributed by atoms with Crippen molar-refractivity contribution in [1.82, 2.24) is 0 Å². The molecule has 0 amide bonds. The van der Waals surface area contributed by atoms with Crippen LogP contribution in [0.3, 0.4) is 0 Å².